The zero-order chi connectivity index (χ0) is 18.3. The summed E-state index contributed by atoms with van der Waals surface area (Å²) < 4.78 is 13.3. The van der Waals surface area contributed by atoms with E-state index in [-0.39, 0.29) is 16.6 Å². The van der Waals surface area contributed by atoms with Gasteiger partial charge in [-0.3, -0.25) is 0 Å². The minimum atomic E-state index is -0.278. The molecule has 0 bridgehead atoms. The molecule has 0 aliphatic heterocycles. The van der Waals surface area contributed by atoms with Gasteiger partial charge in [-0.2, -0.15) is 0 Å². The Morgan fingerprint density at radius 1 is 0.917 bits per heavy atom. The molecule has 0 saturated carbocycles. The average Bonchev–Trinajstić information content (AvgIpc) is 2.41. The molecule has 1 N–H and O–H groups in total. The monoisotopic (exact) mass is 346 g/mol. The van der Waals surface area contributed by atoms with Crippen LogP contribution in [0.1, 0.15) is 63.8 Å². The topological polar surface area (TPSA) is 20.2 Å². The summed E-state index contributed by atoms with van der Waals surface area (Å²) in [5.41, 5.74) is 3.63. The van der Waals surface area contributed by atoms with Gasteiger partial charge in [-0.05, 0) is 51.6 Å². The van der Waals surface area contributed by atoms with Crippen LogP contribution in [-0.2, 0) is 17.3 Å². The second kappa shape index (κ2) is 6.44. The van der Waals surface area contributed by atoms with Crippen LogP contribution in [0.15, 0.2) is 35.2 Å². The fraction of sp³-hybridized carbons (Fsp3) is 0.429. The molecule has 0 heterocycles. The van der Waals surface area contributed by atoms with E-state index in [1.165, 1.54) is 12.1 Å². The largest absolute Gasteiger partial charge is 0.507 e. The van der Waals surface area contributed by atoms with Gasteiger partial charge < -0.3 is 5.11 Å². The van der Waals surface area contributed by atoms with E-state index < -0.39 is 0 Å². The Morgan fingerprint density at radius 3 is 1.83 bits per heavy atom. The van der Waals surface area contributed by atoms with Crippen LogP contribution in [0.25, 0.3) is 0 Å². The summed E-state index contributed by atoms with van der Waals surface area (Å²) in [6, 6.07) is 8.79. The molecule has 2 rings (SSSR count). The van der Waals surface area contributed by atoms with Gasteiger partial charge in [-0.15, -0.1) is 12.6 Å². The third kappa shape index (κ3) is 4.13. The standard InChI is InChI=1S/C21H27FOS/c1-20(2,3)16-10-13(11-17(19(16)23)21(4,5)6)9-14-7-8-15(22)12-18(14)24/h7-8,10-12,23-24H,9H2,1-6H3. The predicted octanol–water partition coefficient (Wildman–Crippen LogP) is 6.01. The van der Waals surface area contributed by atoms with Crippen molar-refractivity contribution >= 4 is 12.6 Å². The smallest absolute Gasteiger partial charge is 0.124 e. The zero-order valence-corrected chi connectivity index (χ0v) is 16.3. The van der Waals surface area contributed by atoms with Gasteiger partial charge in [0.25, 0.3) is 0 Å². The first kappa shape index (κ1) is 18.9. The molecule has 0 saturated heterocycles. The Hall–Kier alpha value is -1.48. The quantitative estimate of drug-likeness (QED) is 0.638. The van der Waals surface area contributed by atoms with Crippen LogP contribution >= 0.6 is 12.6 Å². The lowest BCUT2D eigenvalue weighted by atomic mass is 9.78. The average molecular weight is 347 g/mol. The van der Waals surface area contributed by atoms with Gasteiger partial charge in [-0.1, -0.05) is 59.7 Å². The van der Waals surface area contributed by atoms with Gasteiger partial charge in [-0.25, -0.2) is 4.39 Å². The van der Waals surface area contributed by atoms with E-state index >= 15 is 0 Å². The van der Waals surface area contributed by atoms with Crippen molar-refractivity contribution in [3.8, 4) is 5.75 Å². The molecule has 0 amide bonds. The molecule has 0 spiro atoms. The van der Waals surface area contributed by atoms with E-state index in [0.717, 1.165) is 22.3 Å². The third-order valence-corrected chi connectivity index (χ3v) is 4.64. The number of halogens is 1. The summed E-state index contributed by atoms with van der Waals surface area (Å²) >= 11 is 4.39. The van der Waals surface area contributed by atoms with Gasteiger partial charge in [0.15, 0.2) is 0 Å². The van der Waals surface area contributed by atoms with Crippen molar-refractivity contribution in [3.05, 3.63) is 58.4 Å². The van der Waals surface area contributed by atoms with Crippen molar-refractivity contribution in [2.75, 3.05) is 0 Å². The Balaban J connectivity index is 2.58. The number of phenols is 1. The molecular weight excluding hydrogens is 319 g/mol. The molecule has 0 aromatic heterocycles. The predicted molar refractivity (Wildman–Crippen MR) is 102 cm³/mol. The van der Waals surface area contributed by atoms with E-state index in [1.54, 1.807) is 6.07 Å². The fourth-order valence-electron chi connectivity index (χ4n) is 2.85. The molecule has 0 unspecified atom stereocenters. The first-order valence-corrected chi connectivity index (χ1v) is 8.68. The summed E-state index contributed by atoms with van der Waals surface area (Å²) in [5.74, 6) is 0.101. The Labute approximate surface area is 150 Å². The van der Waals surface area contributed by atoms with Crippen LogP contribution in [-0.4, -0.2) is 5.11 Å². The van der Waals surface area contributed by atoms with Crippen molar-refractivity contribution in [2.24, 2.45) is 0 Å². The molecule has 0 fully saturated rings. The normalized spacial score (nSPS) is 12.5. The third-order valence-electron chi connectivity index (χ3n) is 4.23. The lowest BCUT2D eigenvalue weighted by Crippen LogP contribution is -2.18. The first-order valence-electron chi connectivity index (χ1n) is 8.24. The van der Waals surface area contributed by atoms with Crippen LogP contribution in [0.4, 0.5) is 4.39 Å². The molecule has 24 heavy (non-hydrogen) atoms. The number of aromatic hydroxyl groups is 1. The van der Waals surface area contributed by atoms with Crippen LogP contribution < -0.4 is 0 Å². The maximum atomic E-state index is 13.3. The highest BCUT2D eigenvalue weighted by molar-refractivity contribution is 7.80. The molecule has 0 aliphatic carbocycles. The van der Waals surface area contributed by atoms with Gasteiger partial charge in [0, 0.05) is 4.90 Å². The lowest BCUT2D eigenvalue weighted by Gasteiger charge is -2.28. The maximum Gasteiger partial charge on any atom is 0.124 e. The fourth-order valence-corrected chi connectivity index (χ4v) is 3.12. The highest BCUT2D eigenvalue weighted by Gasteiger charge is 2.26. The number of thiol groups is 1. The summed E-state index contributed by atoms with van der Waals surface area (Å²) in [6.07, 6.45) is 0.658. The van der Waals surface area contributed by atoms with Crippen LogP contribution in [0.5, 0.6) is 5.75 Å². The summed E-state index contributed by atoms with van der Waals surface area (Å²) in [6.45, 7) is 12.6. The molecule has 2 aromatic carbocycles. The van der Waals surface area contributed by atoms with E-state index in [9.17, 15) is 9.50 Å². The lowest BCUT2D eigenvalue weighted by molar-refractivity contribution is 0.423. The summed E-state index contributed by atoms with van der Waals surface area (Å²) in [4.78, 5) is 0.651. The Bertz CT molecular complexity index is 716. The highest BCUT2D eigenvalue weighted by atomic mass is 32.1. The number of benzene rings is 2. The van der Waals surface area contributed by atoms with Crippen molar-refractivity contribution in [1.29, 1.82) is 0 Å². The highest BCUT2D eigenvalue weighted by Crippen LogP contribution is 2.40. The zero-order valence-electron chi connectivity index (χ0n) is 15.4. The number of rotatable bonds is 2. The van der Waals surface area contributed by atoms with Crippen LogP contribution in [0.3, 0.4) is 0 Å². The number of hydrogen-bond acceptors (Lipinski definition) is 2. The minimum Gasteiger partial charge on any atom is -0.507 e. The minimum absolute atomic E-state index is 0.160. The Kier molecular flexibility index (Phi) is 5.06. The van der Waals surface area contributed by atoms with Gasteiger partial charge >= 0.3 is 0 Å². The molecule has 0 atom stereocenters. The van der Waals surface area contributed by atoms with Crippen LogP contribution in [0.2, 0.25) is 0 Å². The van der Waals surface area contributed by atoms with Crippen molar-refractivity contribution < 1.29 is 9.50 Å². The van der Waals surface area contributed by atoms with E-state index in [4.69, 9.17) is 0 Å². The number of phenolic OH excluding ortho intramolecular Hbond substituents is 1. The molecule has 3 heteroatoms. The van der Waals surface area contributed by atoms with Crippen molar-refractivity contribution in [2.45, 2.75) is 63.7 Å². The second-order valence-corrected chi connectivity index (χ2v) is 8.97. The first-order chi connectivity index (χ1) is 10.9. The SMILES string of the molecule is CC(C)(C)c1cc(Cc2ccc(F)cc2S)cc(C(C)(C)C)c1O. The molecule has 1 nitrogen and oxygen atoms in total. The van der Waals surface area contributed by atoms with Crippen molar-refractivity contribution in [1.82, 2.24) is 0 Å². The van der Waals surface area contributed by atoms with Crippen molar-refractivity contribution in [3.63, 3.8) is 0 Å². The summed E-state index contributed by atoms with van der Waals surface area (Å²) in [7, 11) is 0. The maximum absolute atomic E-state index is 13.3. The molecule has 0 aliphatic rings. The Morgan fingerprint density at radius 2 is 1.42 bits per heavy atom. The van der Waals surface area contributed by atoms with E-state index in [0.29, 0.717) is 17.1 Å². The summed E-state index contributed by atoms with van der Waals surface area (Å²) in [5, 5.41) is 10.8. The van der Waals surface area contributed by atoms with E-state index in [2.05, 4.69) is 66.3 Å². The van der Waals surface area contributed by atoms with E-state index in [1.807, 2.05) is 0 Å². The van der Waals surface area contributed by atoms with Gasteiger partial charge in [0.05, 0.1) is 0 Å². The molecule has 130 valence electrons. The molecule has 0 radical (unpaired) electrons. The van der Waals surface area contributed by atoms with Crippen LogP contribution in [0, 0.1) is 5.82 Å². The number of hydrogen-bond donors (Lipinski definition) is 2. The second-order valence-electron chi connectivity index (χ2n) is 8.49. The van der Waals surface area contributed by atoms with Gasteiger partial charge in [0.1, 0.15) is 11.6 Å². The molecule has 2 aromatic rings. The van der Waals surface area contributed by atoms with Gasteiger partial charge in [0.2, 0.25) is 0 Å². The molecular formula is C21H27FOS.